The van der Waals surface area contributed by atoms with Gasteiger partial charge in [-0.15, -0.1) is 0 Å². The molecule has 0 unspecified atom stereocenters. The van der Waals surface area contributed by atoms with E-state index in [0.29, 0.717) is 12.2 Å². The third kappa shape index (κ3) is 3.79. The smallest absolute Gasteiger partial charge is 0.292 e. The lowest BCUT2D eigenvalue weighted by Crippen LogP contribution is -2.13. The molecule has 2 aromatic carbocycles. The molecule has 0 radical (unpaired) electrons. The van der Waals surface area contributed by atoms with Gasteiger partial charge in [-0.1, -0.05) is 30.3 Å². The lowest BCUT2D eigenvalue weighted by Gasteiger charge is -2.08. The first-order valence-corrected chi connectivity index (χ1v) is 6.44. The topological polar surface area (TPSA) is 98.3 Å². The molecule has 3 N–H and O–H groups in total. The lowest BCUT2D eigenvalue weighted by atomic mass is 10.1. The molecule has 0 heterocycles. The van der Waals surface area contributed by atoms with E-state index in [1.807, 2.05) is 30.3 Å². The maximum Gasteiger partial charge on any atom is 0.292 e. The van der Waals surface area contributed by atoms with Gasteiger partial charge in [-0.05, 0) is 24.1 Å². The van der Waals surface area contributed by atoms with Crippen LogP contribution in [0.2, 0.25) is 0 Å². The van der Waals surface area contributed by atoms with Crippen LogP contribution in [0.1, 0.15) is 15.9 Å². The van der Waals surface area contributed by atoms with Gasteiger partial charge in [0.2, 0.25) is 5.91 Å². The molecule has 2 rings (SSSR count). The van der Waals surface area contributed by atoms with E-state index in [4.69, 9.17) is 5.73 Å². The SMILES string of the molecule is NC(=O)c1ccc([N+](=O)[O-])c(NCCc2ccccc2)c1. The summed E-state index contributed by atoms with van der Waals surface area (Å²) in [6, 6.07) is 13.8. The van der Waals surface area contributed by atoms with Crippen molar-refractivity contribution in [3.05, 3.63) is 69.8 Å². The Kier molecular flexibility index (Phi) is 4.50. The van der Waals surface area contributed by atoms with Crippen LogP contribution in [0.3, 0.4) is 0 Å². The number of benzene rings is 2. The number of primary amides is 1. The van der Waals surface area contributed by atoms with Crippen LogP contribution in [0.4, 0.5) is 11.4 Å². The summed E-state index contributed by atoms with van der Waals surface area (Å²) in [5, 5.41) is 14.0. The van der Waals surface area contributed by atoms with Crippen molar-refractivity contribution in [1.82, 2.24) is 0 Å². The minimum absolute atomic E-state index is 0.0759. The van der Waals surface area contributed by atoms with Crippen molar-refractivity contribution in [3.63, 3.8) is 0 Å². The second kappa shape index (κ2) is 6.51. The number of nitrogens with zero attached hydrogens (tertiary/aromatic N) is 1. The second-order valence-electron chi connectivity index (χ2n) is 4.52. The first-order chi connectivity index (χ1) is 10.1. The molecule has 0 aliphatic rings. The maximum atomic E-state index is 11.2. The average Bonchev–Trinajstić information content (AvgIpc) is 2.48. The molecule has 0 saturated heterocycles. The van der Waals surface area contributed by atoms with E-state index in [9.17, 15) is 14.9 Å². The Morgan fingerprint density at radius 3 is 2.52 bits per heavy atom. The van der Waals surface area contributed by atoms with Crippen LogP contribution in [0.15, 0.2) is 48.5 Å². The van der Waals surface area contributed by atoms with Crippen molar-refractivity contribution in [1.29, 1.82) is 0 Å². The maximum absolute atomic E-state index is 11.2. The second-order valence-corrected chi connectivity index (χ2v) is 4.52. The van der Waals surface area contributed by atoms with Crippen molar-refractivity contribution in [3.8, 4) is 0 Å². The minimum atomic E-state index is -0.615. The summed E-state index contributed by atoms with van der Waals surface area (Å²) in [5.74, 6) is -0.615. The van der Waals surface area contributed by atoms with Crippen LogP contribution in [0.25, 0.3) is 0 Å². The van der Waals surface area contributed by atoms with Crippen molar-refractivity contribution in [2.45, 2.75) is 6.42 Å². The Bertz CT molecular complexity index is 656. The molecule has 0 saturated carbocycles. The Morgan fingerprint density at radius 1 is 1.19 bits per heavy atom. The summed E-state index contributed by atoms with van der Waals surface area (Å²) in [4.78, 5) is 21.6. The number of hydrogen-bond acceptors (Lipinski definition) is 4. The van der Waals surface area contributed by atoms with Crippen molar-refractivity contribution >= 4 is 17.3 Å². The number of amides is 1. The summed E-state index contributed by atoms with van der Waals surface area (Å²) in [6.07, 6.45) is 0.721. The van der Waals surface area contributed by atoms with E-state index in [0.717, 1.165) is 12.0 Å². The molecular weight excluding hydrogens is 270 g/mol. The molecule has 0 spiro atoms. The van der Waals surface area contributed by atoms with Crippen LogP contribution >= 0.6 is 0 Å². The highest BCUT2D eigenvalue weighted by Gasteiger charge is 2.15. The van der Waals surface area contributed by atoms with E-state index in [2.05, 4.69) is 5.32 Å². The number of rotatable bonds is 6. The normalized spacial score (nSPS) is 10.1. The standard InChI is InChI=1S/C15H15N3O3/c16-15(19)12-6-7-14(18(20)21)13(10-12)17-9-8-11-4-2-1-3-5-11/h1-7,10,17H,8-9H2,(H2,16,19). The largest absolute Gasteiger partial charge is 0.379 e. The average molecular weight is 285 g/mol. The molecule has 0 aliphatic heterocycles. The molecule has 0 fully saturated rings. The van der Waals surface area contributed by atoms with Gasteiger partial charge in [0.1, 0.15) is 5.69 Å². The monoisotopic (exact) mass is 285 g/mol. The van der Waals surface area contributed by atoms with Crippen LogP contribution in [-0.4, -0.2) is 17.4 Å². The molecule has 0 bridgehead atoms. The molecule has 2 aromatic rings. The summed E-state index contributed by atoms with van der Waals surface area (Å²) < 4.78 is 0. The highest BCUT2D eigenvalue weighted by atomic mass is 16.6. The predicted molar refractivity (Wildman–Crippen MR) is 80.3 cm³/mol. The molecule has 1 amide bonds. The van der Waals surface area contributed by atoms with E-state index in [1.165, 1.54) is 18.2 Å². The van der Waals surface area contributed by atoms with Crippen molar-refractivity contribution < 1.29 is 9.72 Å². The third-order valence-corrected chi connectivity index (χ3v) is 3.05. The lowest BCUT2D eigenvalue weighted by molar-refractivity contribution is -0.384. The van der Waals surface area contributed by atoms with Gasteiger partial charge in [-0.3, -0.25) is 14.9 Å². The molecular formula is C15H15N3O3. The summed E-state index contributed by atoms with van der Waals surface area (Å²) in [5.41, 5.74) is 6.78. The molecule has 0 atom stereocenters. The first-order valence-electron chi connectivity index (χ1n) is 6.44. The Morgan fingerprint density at radius 2 is 1.90 bits per heavy atom. The minimum Gasteiger partial charge on any atom is -0.379 e. The molecule has 21 heavy (non-hydrogen) atoms. The van der Waals surface area contributed by atoms with E-state index < -0.39 is 10.8 Å². The fourth-order valence-electron chi connectivity index (χ4n) is 1.98. The predicted octanol–water partition coefficient (Wildman–Crippen LogP) is 2.35. The van der Waals surface area contributed by atoms with Gasteiger partial charge in [0.25, 0.3) is 5.69 Å². The molecule has 108 valence electrons. The number of anilines is 1. The number of nitrogens with two attached hydrogens (primary N) is 1. The van der Waals surface area contributed by atoms with Gasteiger partial charge in [-0.2, -0.15) is 0 Å². The highest BCUT2D eigenvalue weighted by Crippen LogP contribution is 2.25. The Balaban J connectivity index is 2.12. The zero-order valence-corrected chi connectivity index (χ0v) is 11.3. The zero-order chi connectivity index (χ0) is 15.2. The highest BCUT2D eigenvalue weighted by molar-refractivity contribution is 5.94. The van der Waals surface area contributed by atoms with E-state index in [-0.39, 0.29) is 11.3 Å². The van der Waals surface area contributed by atoms with Gasteiger partial charge in [0.05, 0.1) is 4.92 Å². The summed E-state index contributed by atoms with van der Waals surface area (Å²) in [6.45, 7) is 0.521. The van der Waals surface area contributed by atoms with Crippen molar-refractivity contribution in [2.75, 3.05) is 11.9 Å². The zero-order valence-electron chi connectivity index (χ0n) is 11.3. The fourth-order valence-corrected chi connectivity index (χ4v) is 1.98. The number of nitro groups is 1. The van der Waals surface area contributed by atoms with Gasteiger partial charge in [0, 0.05) is 18.2 Å². The van der Waals surface area contributed by atoms with Crippen LogP contribution in [0.5, 0.6) is 0 Å². The summed E-state index contributed by atoms with van der Waals surface area (Å²) in [7, 11) is 0. The van der Waals surface area contributed by atoms with Gasteiger partial charge >= 0.3 is 0 Å². The Labute approximate surface area is 121 Å². The number of hydrogen-bond donors (Lipinski definition) is 2. The van der Waals surface area contributed by atoms with Gasteiger partial charge in [0.15, 0.2) is 0 Å². The van der Waals surface area contributed by atoms with E-state index in [1.54, 1.807) is 0 Å². The van der Waals surface area contributed by atoms with Crippen LogP contribution < -0.4 is 11.1 Å². The first kappa shape index (κ1) is 14.5. The van der Waals surface area contributed by atoms with E-state index >= 15 is 0 Å². The number of carbonyl (C=O) groups is 1. The van der Waals surface area contributed by atoms with Crippen LogP contribution in [0, 0.1) is 10.1 Å². The van der Waals surface area contributed by atoms with Gasteiger partial charge < -0.3 is 11.1 Å². The fraction of sp³-hybridized carbons (Fsp3) is 0.133. The summed E-state index contributed by atoms with van der Waals surface area (Å²) >= 11 is 0. The quantitative estimate of drug-likeness (QED) is 0.628. The molecule has 6 heteroatoms. The molecule has 6 nitrogen and oxygen atoms in total. The molecule has 0 aromatic heterocycles. The van der Waals surface area contributed by atoms with Gasteiger partial charge in [-0.25, -0.2) is 0 Å². The number of nitro benzene ring substituents is 1. The third-order valence-electron chi connectivity index (χ3n) is 3.05. The Hall–Kier alpha value is -2.89. The van der Waals surface area contributed by atoms with Crippen molar-refractivity contribution in [2.24, 2.45) is 5.73 Å². The number of carbonyl (C=O) groups excluding carboxylic acids is 1. The number of nitrogens with one attached hydrogen (secondary N) is 1. The molecule has 0 aliphatic carbocycles. The van der Waals surface area contributed by atoms with Crippen LogP contribution in [-0.2, 0) is 6.42 Å².